The lowest BCUT2D eigenvalue weighted by atomic mass is 9.86. The molecule has 180 valence electrons. The molecule has 4 rings (SSSR count). The van der Waals surface area contributed by atoms with Crippen LogP contribution in [0.1, 0.15) is 57.5 Å². The number of amides is 1. The minimum atomic E-state index is -1.22. The Bertz CT molecular complexity index is 1300. The van der Waals surface area contributed by atoms with Crippen molar-refractivity contribution in [3.63, 3.8) is 0 Å². The number of rotatable bonds is 4. The van der Waals surface area contributed by atoms with E-state index in [0.29, 0.717) is 17.1 Å². The number of nitrogens with zero attached hydrogens (tertiary/aromatic N) is 2. The van der Waals surface area contributed by atoms with Gasteiger partial charge in [-0.15, -0.1) is 0 Å². The fraction of sp³-hybridized carbons (Fsp3) is 0.407. The van der Waals surface area contributed by atoms with Crippen LogP contribution in [0.15, 0.2) is 30.3 Å². The van der Waals surface area contributed by atoms with Crippen LogP contribution in [-0.4, -0.2) is 33.2 Å². The van der Waals surface area contributed by atoms with Crippen molar-refractivity contribution in [1.82, 2.24) is 4.57 Å². The summed E-state index contributed by atoms with van der Waals surface area (Å²) in [5, 5.41) is 11.8. The third-order valence-corrected chi connectivity index (χ3v) is 6.64. The molecule has 2 atom stereocenters. The number of carbonyl (C=O) groups excluding carboxylic acids is 1. The van der Waals surface area contributed by atoms with Gasteiger partial charge in [0.15, 0.2) is 6.10 Å². The van der Waals surface area contributed by atoms with Gasteiger partial charge in [-0.1, -0.05) is 23.7 Å². The van der Waals surface area contributed by atoms with E-state index in [1.54, 1.807) is 24.0 Å². The molecule has 2 heterocycles. The van der Waals surface area contributed by atoms with Crippen LogP contribution in [0.3, 0.4) is 0 Å². The van der Waals surface area contributed by atoms with Crippen LogP contribution in [0.25, 0.3) is 22.0 Å². The lowest BCUT2D eigenvalue weighted by molar-refractivity contribution is -0.160. The molecule has 2 aromatic carbocycles. The number of carboxylic acids is 1. The van der Waals surface area contributed by atoms with Gasteiger partial charge in [-0.2, -0.15) is 0 Å². The Morgan fingerprint density at radius 1 is 1.18 bits per heavy atom. The van der Waals surface area contributed by atoms with Crippen molar-refractivity contribution in [2.45, 2.75) is 72.8 Å². The molecular formula is C27H31ClN2O4. The predicted octanol–water partition coefficient (Wildman–Crippen LogP) is 6.27. The molecule has 0 radical (unpaired) electrons. The standard InChI is InChI=1S/C27H31ClN2O4/c1-14-12-20-22(18-8-10-19(28)11-9-18)21(25(26(32)33)34-27(5,6)7)16(3)23-24(20)29(14)13-15(2)30(23)17(4)31/h8-12,15,25H,13H2,1-7H3,(H,32,33)/t15-,25-/m0/s1. The second-order valence-corrected chi connectivity index (χ2v) is 10.6. The lowest BCUT2D eigenvalue weighted by Gasteiger charge is -2.38. The zero-order chi connectivity index (χ0) is 25.1. The second kappa shape index (κ2) is 8.43. The number of anilines is 1. The van der Waals surface area contributed by atoms with Crippen LogP contribution in [-0.2, 0) is 20.9 Å². The molecule has 1 N–H and O–H groups in total. The number of ether oxygens (including phenoxy) is 1. The molecule has 6 nitrogen and oxygen atoms in total. The quantitative estimate of drug-likeness (QED) is 0.475. The average Bonchev–Trinajstić information content (AvgIpc) is 3.04. The molecule has 0 spiro atoms. The Balaban J connectivity index is 2.20. The monoisotopic (exact) mass is 482 g/mol. The molecule has 3 aromatic rings. The number of hydrogen-bond acceptors (Lipinski definition) is 3. The van der Waals surface area contributed by atoms with E-state index in [2.05, 4.69) is 10.6 Å². The number of halogens is 1. The summed E-state index contributed by atoms with van der Waals surface area (Å²) in [6, 6.07) is 9.42. The summed E-state index contributed by atoms with van der Waals surface area (Å²) in [7, 11) is 0. The molecule has 1 aliphatic heterocycles. The van der Waals surface area contributed by atoms with E-state index in [9.17, 15) is 14.7 Å². The molecular weight excluding hydrogens is 452 g/mol. The Labute approximate surface area is 205 Å². The minimum absolute atomic E-state index is 0.0703. The zero-order valence-corrected chi connectivity index (χ0v) is 21.4. The molecule has 1 aliphatic rings. The predicted molar refractivity (Wildman–Crippen MR) is 136 cm³/mol. The number of carbonyl (C=O) groups is 2. The van der Waals surface area contributed by atoms with E-state index in [1.165, 1.54) is 0 Å². The Morgan fingerprint density at radius 2 is 1.79 bits per heavy atom. The van der Waals surface area contributed by atoms with Gasteiger partial charge in [0, 0.05) is 35.1 Å². The number of aliphatic carboxylic acids is 1. The zero-order valence-electron chi connectivity index (χ0n) is 20.7. The molecule has 34 heavy (non-hydrogen) atoms. The van der Waals surface area contributed by atoms with Crippen molar-refractivity contribution < 1.29 is 19.4 Å². The molecule has 7 heteroatoms. The van der Waals surface area contributed by atoms with Crippen LogP contribution >= 0.6 is 11.6 Å². The van der Waals surface area contributed by atoms with Crippen LogP contribution in [0.2, 0.25) is 5.02 Å². The van der Waals surface area contributed by atoms with Crippen molar-refractivity contribution in [3.8, 4) is 11.1 Å². The number of aromatic nitrogens is 1. The van der Waals surface area contributed by atoms with Gasteiger partial charge in [-0.3, -0.25) is 4.79 Å². The molecule has 1 amide bonds. The average molecular weight is 483 g/mol. The highest BCUT2D eigenvalue weighted by Crippen LogP contribution is 2.48. The largest absolute Gasteiger partial charge is 0.479 e. The first-order chi connectivity index (χ1) is 15.8. The summed E-state index contributed by atoms with van der Waals surface area (Å²) in [5.74, 6) is -1.15. The topological polar surface area (TPSA) is 71.8 Å². The van der Waals surface area contributed by atoms with Crippen LogP contribution in [0.5, 0.6) is 0 Å². The van der Waals surface area contributed by atoms with E-state index in [-0.39, 0.29) is 11.9 Å². The summed E-state index contributed by atoms with van der Waals surface area (Å²) in [6.45, 7) is 13.7. The van der Waals surface area contributed by atoms with Crippen molar-refractivity contribution in [2.24, 2.45) is 0 Å². The van der Waals surface area contributed by atoms with Crippen LogP contribution < -0.4 is 4.90 Å². The van der Waals surface area contributed by atoms with Gasteiger partial charge in [-0.25, -0.2) is 4.79 Å². The van der Waals surface area contributed by atoms with Gasteiger partial charge < -0.3 is 19.3 Å². The highest BCUT2D eigenvalue weighted by molar-refractivity contribution is 6.30. The molecule has 0 saturated carbocycles. The first-order valence-corrected chi connectivity index (χ1v) is 11.8. The van der Waals surface area contributed by atoms with E-state index >= 15 is 0 Å². The number of benzene rings is 2. The summed E-state index contributed by atoms with van der Waals surface area (Å²) in [5.41, 5.74) is 4.99. The fourth-order valence-corrected chi connectivity index (χ4v) is 5.29. The Kier molecular flexibility index (Phi) is 6.03. The number of hydrogen-bond donors (Lipinski definition) is 1. The lowest BCUT2D eigenvalue weighted by Crippen LogP contribution is -2.43. The van der Waals surface area contributed by atoms with Crippen molar-refractivity contribution in [2.75, 3.05) is 4.90 Å². The van der Waals surface area contributed by atoms with Crippen LogP contribution in [0.4, 0.5) is 5.69 Å². The number of aryl methyl sites for hydroxylation is 1. The second-order valence-electron chi connectivity index (χ2n) is 10.1. The van der Waals surface area contributed by atoms with E-state index < -0.39 is 17.7 Å². The highest BCUT2D eigenvalue weighted by Gasteiger charge is 2.38. The Morgan fingerprint density at radius 3 is 2.32 bits per heavy atom. The van der Waals surface area contributed by atoms with Gasteiger partial charge in [0.1, 0.15) is 0 Å². The highest BCUT2D eigenvalue weighted by atomic mass is 35.5. The van der Waals surface area contributed by atoms with E-state index in [1.807, 2.05) is 53.7 Å². The van der Waals surface area contributed by atoms with Gasteiger partial charge in [0.2, 0.25) is 5.91 Å². The fourth-order valence-electron chi connectivity index (χ4n) is 5.17. The first kappa shape index (κ1) is 24.3. The summed E-state index contributed by atoms with van der Waals surface area (Å²) in [4.78, 5) is 27.2. The molecule has 0 fully saturated rings. The van der Waals surface area contributed by atoms with Gasteiger partial charge in [0.05, 0.1) is 22.8 Å². The number of carboxylic acid groups (broad SMARTS) is 1. The minimum Gasteiger partial charge on any atom is -0.479 e. The smallest absolute Gasteiger partial charge is 0.337 e. The van der Waals surface area contributed by atoms with Gasteiger partial charge in [-0.05, 0) is 76.4 Å². The Hall–Kier alpha value is -2.83. The normalized spacial score (nSPS) is 16.7. The molecule has 0 unspecified atom stereocenters. The summed E-state index contributed by atoms with van der Waals surface area (Å²) < 4.78 is 8.37. The van der Waals surface area contributed by atoms with E-state index in [0.717, 1.165) is 39.0 Å². The maximum absolute atomic E-state index is 12.8. The maximum Gasteiger partial charge on any atom is 0.337 e. The van der Waals surface area contributed by atoms with Gasteiger partial charge in [0.25, 0.3) is 0 Å². The van der Waals surface area contributed by atoms with Gasteiger partial charge >= 0.3 is 5.97 Å². The third-order valence-electron chi connectivity index (χ3n) is 6.38. The summed E-state index contributed by atoms with van der Waals surface area (Å²) >= 11 is 6.18. The first-order valence-electron chi connectivity index (χ1n) is 11.4. The van der Waals surface area contributed by atoms with Crippen LogP contribution in [0, 0.1) is 13.8 Å². The van der Waals surface area contributed by atoms with Crippen molar-refractivity contribution in [1.29, 1.82) is 0 Å². The molecule has 0 aliphatic carbocycles. The molecule has 0 saturated heterocycles. The van der Waals surface area contributed by atoms with Crippen molar-refractivity contribution >= 4 is 40.1 Å². The molecule has 0 bridgehead atoms. The van der Waals surface area contributed by atoms with Crippen molar-refractivity contribution in [3.05, 3.63) is 52.2 Å². The maximum atomic E-state index is 12.8. The third kappa shape index (κ3) is 3.99. The summed E-state index contributed by atoms with van der Waals surface area (Å²) in [6.07, 6.45) is -1.22. The van der Waals surface area contributed by atoms with E-state index in [4.69, 9.17) is 16.3 Å². The SMILES string of the molecule is CC(=O)N1c2c(C)c([C@H](OC(C)(C)C)C(=O)O)c(-c3ccc(Cl)cc3)c3cc(C)n(c23)C[C@@H]1C. The molecule has 1 aromatic heterocycles.